The van der Waals surface area contributed by atoms with Crippen molar-refractivity contribution in [1.82, 2.24) is 9.55 Å². The fourth-order valence-corrected chi connectivity index (χ4v) is 2.68. The van der Waals surface area contributed by atoms with E-state index in [0.29, 0.717) is 6.42 Å². The third kappa shape index (κ3) is 3.63. The van der Waals surface area contributed by atoms with Crippen LogP contribution in [0.4, 0.5) is 0 Å². The smallest absolute Gasteiger partial charge is 0.320 e. The first-order valence-electron chi connectivity index (χ1n) is 8.03. The Bertz CT molecular complexity index is 825. The fraction of sp³-hybridized carbons (Fsp3) is 0.263. The Morgan fingerprint density at radius 1 is 1.21 bits per heavy atom. The van der Waals surface area contributed by atoms with Crippen LogP contribution in [0.5, 0.6) is 0 Å². The molecule has 0 aliphatic carbocycles. The maximum Gasteiger partial charge on any atom is 0.320 e. The van der Waals surface area contributed by atoms with Crippen molar-refractivity contribution in [3.8, 4) is 11.1 Å². The summed E-state index contributed by atoms with van der Waals surface area (Å²) in [5.41, 5.74) is 9.86. The molecule has 0 bridgehead atoms. The van der Waals surface area contributed by atoms with E-state index in [4.69, 9.17) is 10.8 Å². The average molecular weight is 325 g/mol. The zero-order valence-corrected chi connectivity index (χ0v) is 14.2. The minimum Gasteiger partial charge on any atom is -0.480 e. The van der Waals surface area contributed by atoms with Gasteiger partial charge in [-0.05, 0) is 34.9 Å². The number of carboxylic acid groups (broad SMARTS) is 1. The van der Waals surface area contributed by atoms with Gasteiger partial charge in [0.2, 0.25) is 0 Å². The molecule has 3 aromatic rings. The van der Waals surface area contributed by atoms with Crippen molar-refractivity contribution < 1.29 is 9.90 Å². The minimum absolute atomic E-state index is 0.321. The van der Waals surface area contributed by atoms with Crippen molar-refractivity contribution in [3.05, 3.63) is 54.5 Å². The standard InChI is InChI=1S/C17H17N3O2.C2H6/c1-20-10-13(8-15(18)17(21)22)14-3-2-12(9-16(14)20)11-4-6-19-7-5-11;1-2/h2-7,9-10,15H,8,18H2,1H3,(H,21,22);1-2H3. The SMILES string of the molecule is CC.Cn1cc(CC(N)C(=O)O)c2ccc(-c3ccncc3)cc21. The summed E-state index contributed by atoms with van der Waals surface area (Å²) in [5.74, 6) is -0.981. The largest absolute Gasteiger partial charge is 0.480 e. The highest BCUT2D eigenvalue weighted by Crippen LogP contribution is 2.27. The molecule has 5 nitrogen and oxygen atoms in total. The first kappa shape index (κ1) is 17.7. The fourth-order valence-electron chi connectivity index (χ4n) is 2.68. The first-order valence-corrected chi connectivity index (χ1v) is 8.03. The van der Waals surface area contributed by atoms with E-state index in [1.54, 1.807) is 12.4 Å². The van der Waals surface area contributed by atoms with Crippen LogP contribution in [0.1, 0.15) is 19.4 Å². The van der Waals surface area contributed by atoms with Crippen molar-refractivity contribution in [2.24, 2.45) is 12.8 Å². The number of fused-ring (bicyclic) bond motifs is 1. The van der Waals surface area contributed by atoms with Crippen LogP contribution in [-0.2, 0) is 18.3 Å². The molecule has 0 radical (unpaired) electrons. The van der Waals surface area contributed by atoms with Crippen LogP contribution in [0.15, 0.2) is 48.9 Å². The number of carboxylic acids is 1. The van der Waals surface area contributed by atoms with Crippen LogP contribution in [-0.4, -0.2) is 26.7 Å². The maximum absolute atomic E-state index is 10.9. The number of hydrogen-bond donors (Lipinski definition) is 2. The molecule has 3 N–H and O–H groups in total. The Morgan fingerprint density at radius 2 is 1.88 bits per heavy atom. The Kier molecular flexibility index (Phi) is 5.71. The Labute approximate surface area is 141 Å². The highest BCUT2D eigenvalue weighted by Gasteiger charge is 2.16. The van der Waals surface area contributed by atoms with Crippen molar-refractivity contribution in [1.29, 1.82) is 0 Å². The third-order valence-corrected chi connectivity index (χ3v) is 3.84. The Morgan fingerprint density at radius 3 is 2.50 bits per heavy atom. The van der Waals surface area contributed by atoms with E-state index in [0.717, 1.165) is 27.6 Å². The van der Waals surface area contributed by atoms with Crippen molar-refractivity contribution >= 4 is 16.9 Å². The molecule has 1 aromatic carbocycles. The molecule has 2 heterocycles. The number of hydrogen-bond acceptors (Lipinski definition) is 3. The van der Waals surface area contributed by atoms with Crippen molar-refractivity contribution in [2.75, 3.05) is 0 Å². The summed E-state index contributed by atoms with van der Waals surface area (Å²) in [6, 6.07) is 9.20. The third-order valence-electron chi connectivity index (χ3n) is 3.84. The molecule has 0 aliphatic rings. The highest BCUT2D eigenvalue weighted by atomic mass is 16.4. The minimum atomic E-state index is -0.981. The molecular formula is C19H23N3O2. The van der Waals surface area contributed by atoms with Gasteiger partial charge >= 0.3 is 5.97 Å². The molecule has 0 spiro atoms. The van der Waals surface area contributed by atoms with Crippen LogP contribution in [0.3, 0.4) is 0 Å². The van der Waals surface area contributed by atoms with Crippen LogP contribution in [0, 0.1) is 0 Å². The zero-order chi connectivity index (χ0) is 17.7. The van der Waals surface area contributed by atoms with Crippen LogP contribution < -0.4 is 5.73 Å². The van der Waals surface area contributed by atoms with Gasteiger partial charge in [0.25, 0.3) is 0 Å². The maximum atomic E-state index is 10.9. The summed E-state index contributed by atoms with van der Waals surface area (Å²) in [6.45, 7) is 4.00. The van der Waals surface area contributed by atoms with Gasteiger partial charge < -0.3 is 15.4 Å². The van der Waals surface area contributed by atoms with E-state index in [1.807, 2.05) is 55.9 Å². The topological polar surface area (TPSA) is 81.1 Å². The number of nitrogens with two attached hydrogens (primary N) is 1. The lowest BCUT2D eigenvalue weighted by molar-refractivity contribution is -0.138. The van der Waals surface area contributed by atoms with E-state index >= 15 is 0 Å². The summed E-state index contributed by atoms with van der Waals surface area (Å²) < 4.78 is 2.00. The van der Waals surface area contributed by atoms with Gasteiger partial charge in [0.05, 0.1) is 0 Å². The number of nitrogens with zero attached hydrogens (tertiary/aromatic N) is 2. The summed E-state index contributed by atoms with van der Waals surface area (Å²) in [7, 11) is 1.95. The molecule has 0 saturated heterocycles. The van der Waals surface area contributed by atoms with Crippen LogP contribution >= 0.6 is 0 Å². The molecule has 1 unspecified atom stereocenters. The number of aryl methyl sites for hydroxylation is 1. The molecule has 1 atom stereocenters. The van der Waals surface area contributed by atoms with Gasteiger partial charge in [-0.25, -0.2) is 0 Å². The molecule has 3 rings (SSSR count). The second kappa shape index (κ2) is 7.75. The lowest BCUT2D eigenvalue weighted by Gasteiger charge is -2.06. The lowest BCUT2D eigenvalue weighted by atomic mass is 10.0. The van der Waals surface area contributed by atoms with E-state index < -0.39 is 12.0 Å². The molecule has 5 heteroatoms. The molecule has 126 valence electrons. The van der Waals surface area contributed by atoms with Gasteiger partial charge in [-0.15, -0.1) is 0 Å². The Hall–Kier alpha value is -2.66. The van der Waals surface area contributed by atoms with Gasteiger partial charge in [-0.1, -0.05) is 26.0 Å². The number of aliphatic carboxylic acids is 1. The predicted molar refractivity (Wildman–Crippen MR) is 96.8 cm³/mol. The molecule has 24 heavy (non-hydrogen) atoms. The van der Waals surface area contributed by atoms with Gasteiger partial charge in [0, 0.05) is 43.0 Å². The second-order valence-electron chi connectivity index (χ2n) is 5.38. The molecule has 0 fully saturated rings. The molecule has 2 aromatic heterocycles. The molecule has 0 saturated carbocycles. The van der Waals surface area contributed by atoms with E-state index in [1.165, 1.54) is 0 Å². The van der Waals surface area contributed by atoms with E-state index in [-0.39, 0.29) is 0 Å². The van der Waals surface area contributed by atoms with Gasteiger partial charge in [-0.3, -0.25) is 9.78 Å². The second-order valence-corrected chi connectivity index (χ2v) is 5.38. The molecule has 0 aliphatic heterocycles. The average Bonchev–Trinajstić information content (AvgIpc) is 2.92. The Balaban J connectivity index is 0.00000100. The summed E-state index contributed by atoms with van der Waals surface area (Å²) in [5, 5.41) is 10.0. The predicted octanol–water partition coefficient (Wildman–Crippen LogP) is 3.22. The molecular weight excluding hydrogens is 302 g/mol. The van der Waals surface area contributed by atoms with Crippen molar-refractivity contribution in [3.63, 3.8) is 0 Å². The molecule has 0 amide bonds. The monoisotopic (exact) mass is 325 g/mol. The lowest BCUT2D eigenvalue weighted by Crippen LogP contribution is -2.32. The normalized spacial score (nSPS) is 11.7. The van der Waals surface area contributed by atoms with Gasteiger partial charge in [0.1, 0.15) is 6.04 Å². The van der Waals surface area contributed by atoms with E-state index in [9.17, 15) is 4.79 Å². The van der Waals surface area contributed by atoms with E-state index in [2.05, 4.69) is 11.1 Å². The van der Waals surface area contributed by atoms with Gasteiger partial charge in [0.15, 0.2) is 0 Å². The summed E-state index contributed by atoms with van der Waals surface area (Å²) >= 11 is 0. The number of carbonyl (C=O) groups is 1. The summed E-state index contributed by atoms with van der Waals surface area (Å²) in [6.07, 6.45) is 5.80. The van der Waals surface area contributed by atoms with Crippen molar-refractivity contribution in [2.45, 2.75) is 26.3 Å². The number of rotatable bonds is 4. The van der Waals surface area contributed by atoms with Crippen LogP contribution in [0.25, 0.3) is 22.0 Å². The number of aromatic nitrogens is 2. The quantitative estimate of drug-likeness (QED) is 0.771. The number of pyridine rings is 1. The first-order chi connectivity index (χ1) is 11.6. The number of benzene rings is 1. The summed E-state index contributed by atoms with van der Waals surface area (Å²) in [4.78, 5) is 15.0. The van der Waals surface area contributed by atoms with Gasteiger partial charge in [-0.2, -0.15) is 0 Å². The van der Waals surface area contributed by atoms with Crippen LogP contribution in [0.2, 0.25) is 0 Å². The highest BCUT2D eigenvalue weighted by molar-refractivity contribution is 5.89. The zero-order valence-electron chi connectivity index (χ0n) is 14.2.